The third kappa shape index (κ3) is 54.6. The number of ether oxygens (including phenoxy) is 2. The van der Waals surface area contributed by atoms with E-state index in [9.17, 15) is 19.0 Å². The molecule has 0 amide bonds. The van der Waals surface area contributed by atoms with Gasteiger partial charge in [-0.3, -0.25) is 18.6 Å². The van der Waals surface area contributed by atoms with Crippen molar-refractivity contribution in [3.05, 3.63) is 72.9 Å². The highest BCUT2D eigenvalue weighted by molar-refractivity contribution is 7.47. The van der Waals surface area contributed by atoms with E-state index in [-0.39, 0.29) is 32.0 Å². The van der Waals surface area contributed by atoms with Crippen molar-refractivity contribution in [2.75, 3.05) is 47.5 Å². The lowest BCUT2D eigenvalue weighted by molar-refractivity contribution is -0.870. The molecule has 0 heterocycles. The number of carbonyl (C=O) groups is 2. The van der Waals surface area contributed by atoms with Crippen molar-refractivity contribution in [2.24, 2.45) is 0 Å². The van der Waals surface area contributed by atoms with Crippen LogP contribution in [0.2, 0.25) is 0 Å². The largest absolute Gasteiger partial charge is 0.472 e. The summed E-state index contributed by atoms with van der Waals surface area (Å²) in [7, 11) is 1.47. The number of likely N-dealkylation sites (N-methyl/N-ethyl adjacent to an activating group) is 1. The number of rotatable bonds is 51. The summed E-state index contributed by atoms with van der Waals surface area (Å²) in [5.41, 5.74) is 0. The lowest BCUT2D eigenvalue weighted by Gasteiger charge is -2.24. The van der Waals surface area contributed by atoms with Crippen LogP contribution in [0.25, 0.3) is 0 Å². The molecule has 0 spiro atoms. The van der Waals surface area contributed by atoms with Gasteiger partial charge >= 0.3 is 19.8 Å². The van der Waals surface area contributed by atoms with Crippen molar-refractivity contribution in [1.29, 1.82) is 0 Å². The van der Waals surface area contributed by atoms with Gasteiger partial charge in [0.15, 0.2) is 6.10 Å². The van der Waals surface area contributed by atoms with Crippen LogP contribution in [-0.4, -0.2) is 74.9 Å². The number of hydrogen-bond acceptors (Lipinski definition) is 7. The third-order valence-electron chi connectivity index (χ3n) is 12.0. The van der Waals surface area contributed by atoms with E-state index >= 15 is 0 Å². The number of unbranched alkanes of at least 4 members (excludes halogenated alkanes) is 25. The molecule has 10 heteroatoms. The Morgan fingerprint density at radius 1 is 0.464 bits per heavy atom. The van der Waals surface area contributed by atoms with Crippen LogP contribution in [0.15, 0.2) is 72.9 Å². The van der Waals surface area contributed by atoms with Crippen molar-refractivity contribution in [3.8, 4) is 0 Å². The third-order valence-corrected chi connectivity index (χ3v) is 13.0. The first-order chi connectivity index (χ1) is 33.5. The van der Waals surface area contributed by atoms with E-state index in [1.807, 2.05) is 21.1 Å². The van der Waals surface area contributed by atoms with Crippen molar-refractivity contribution >= 4 is 19.8 Å². The van der Waals surface area contributed by atoms with Crippen molar-refractivity contribution in [1.82, 2.24) is 0 Å². The zero-order valence-electron chi connectivity index (χ0n) is 45.3. The number of hydrogen-bond donors (Lipinski definition) is 1. The maximum atomic E-state index is 12.8. The number of nitrogens with zero attached hydrogens (tertiary/aromatic N) is 1. The lowest BCUT2D eigenvalue weighted by atomic mass is 10.0. The average Bonchev–Trinajstić information content (AvgIpc) is 3.31. The number of esters is 2. The Morgan fingerprint density at radius 3 is 1.25 bits per heavy atom. The predicted octanol–water partition coefficient (Wildman–Crippen LogP) is 17.3. The van der Waals surface area contributed by atoms with E-state index in [0.29, 0.717) is 17.4 Å². The SMILES string of the molecule is CC/C=C\C/C=C\C/C=C\C/C=C\C/C=C\CCCCCCCCCCCCCCCC(=O)OC(COC(=O)CCCCCCC/C=C\CCCCCCCCC)COP(=O)(O)OCC[N+](C)(C)C. The van der Waals surface area contributed by atoms with Crippen molar-refractivity contribution in [2.45, 2.75) is 245 Å². The van der Waals surface area contributed by atoms with Crippen LogP contribution in [0.3, 0.4) is 0 Å². The molecule has 0 aliphatic heterocycles. The minimum atomic E-state index is -4.39. The van der Waals surface area contributed by atoms with Gasteiger partial charge in [0.1, 0.15) is 19.8 Å². The number of carbonyl (C=O) groups excluding carboxylic acids is 2. The van der Waals surface area contributed by atoms with Crippen LogP contribution in [-0.2, 0) is 32.7 Å². The summed E-state index contributed by atoms with van der Waals surface area (Å²) in [5, 5.41) is 0. The molecular weight excluding hydrogens is 882 g/mol. The normalized spacial score (nSPS) is 13.9. The van der Waals surface area contributed by atoms with Gasteiger partial charge in [0.2, 0.25) is 0 Å². The van der Waals surface area contributed by atoms with Gasteiger partial charge in [-0.2, -0.15) is 0 Å². The monoisotopic (exact) mass is 989 g/mol. The lowest BCUT2D eigenvalue weighted by Crippen LogP contribution is -2.37. The first-order valence-electron chi connectivity index (χ1n) is 28.2. The Hall–Kier alpha value is -2.55. The maximum absolute atomic E-state index is 12.8. The molecule has 0 saturated carbocycles. The van der Waals surface area contributed by atoms with E-state index in [4.69, 9.17) is 18.5 Å². The predicted molar refractivity (Wildman–Crippen MR) is 293 cm³/mol. The first kappa shape index (κ1) is 66.5. The van der Waals surface area contributed by atoms with E-state index in [1.165, 1.54) is 116 Å². The second-order valence-electron chi connectivity index (χ2n) is 19.9. The molecule has 2 unspecified atom stereocenters. The fraction of sp³-hybridized carbons (Fsp3) is 0.763. The highest BCUT2D eigenvalue weighted by Gasteiger charge is 2.27. The van der Waals surface area contributed by atoms with Gasteiger partial charge in [-0.1, -0.05) is 215 Å². The second kappa shape index (κ2) is 50.4. The van der Waals surface area contributed by atoms with Crippen LogP contribution in [0.5, 0.6) is 0 Å². The van der Waals surface area contributed by atoms with Crippen LogP contribution in [0.1, 0.15) is 239 Å². The minimum absolute atomic E-state index is 0.0284. The number of phosphoric acid groups is 1. The standard InChI is InChI=1S/C59H106NO8P/c1-6-8-10-12-14-16-18-20-22-24-25-26-27-28-29-30-31-32-33-34-35-36-38-40-42-44-46-48-50-52-59(62)68-57(56-67-69(63,64)66-54-53-60(3,4)5)55-65-58(61)51-49-47-45-43-41-39-37-23-21-19-17-15-13-11-9-7-2/h8,10,14,16,20,22-23,25-26,28-29,37,57H,6-7,9,11-13,15,17-19,21,24,27,30-36,38-56H2,1-5H3/p+1/b10-8-,16-14-,22-20-,26-25-,29-28-,37-23-. The van der Waals surface area contributed by atoms with E-state index in [1.54, 1.807) is 0 Å². The molecule has 0 aromatic heterocycles. The maximum Gasteiger partial charge on any atom is 0.472 e. The van der Waals surface area contributed by atoms with Crippen LogP contribution < -0.4 is 0 Å². The van der Waals surface area contributed by atoms with Gasteiger partial charge in [0, 0.05) is 12.8 Å². The fourth-order valence-electron chi connectivity index (χ4n) is 7.63. The van der Waals surface area contributed by atoms with Gasteiger partial charge in [0.05, 0.1) is 27.7 Å². The Bertz CT molecular complexity index is 1400. The molecular formula is C59H107NO8P+. The topological polar surface area (TPSA) is 108 Å². The summed E-state index contributed by atoms with van der Waals surface area (Å²) >= 11 is 0. The van der Waals surface area contributed by atoms with E-state index in [0.717, 1.165) is 89.9 Å². The van der Waals surface area contributed by atoms with Crippen molar-refractivity contribution < 1.29 is 42.1 Å². The molecule has 9 nitrogen and oxygen atoms in total. The van der Waals surface area contributed by atoms with Crippen LogP contribution in [0, 0.1) is 0 Å². The smallest absolute Gasteiger partial charge is 0.462 e. The number of quaternary nitrogens is 1. The zero-order valence-corrected chi connectivity index (χ0v) is 46.2. The summed E-state index contributed by atoms with van der Waals surface area (Å²) in [5.74, 6) is -0.806. The molecule has 0 fully saturated rings. The van der Waals surface area contributed by atoms with E-state index < -0.39 is 26.5 Å². The Labute approximate surface area is 425 Å². The Balaban J connectivity index is 4.15. The van der Waals surface area contributed by atoms with Gasteiger partial charge in [0.25, 0.3) is 0 Å². The molecule has 0 aromatic carbocycles. The van der Waals surface area contributed by atoms with Gasteiger partial charge in [-0.05, 0) is 83.5 Å². The molecule has 0 aromatic rings. The second-order valence-corrected chi connectivity index (χ2v) is 21.4. The number of allylic oxidation sites excluding steroid dienone is 12. The molecule has 0 saturated heterocycles. The fourth-order valence-corrected chi connectivity index (χ4v) is 8.37. The molecule has 69 heavy (non-hydrogen) atoms. The van der Waals surface area contributed by atoms with Gasteiger partial charge < -0.3 is 18.9 Å². The highest BCUT2D eigenvalue weighted by atomic mass is 31.2. The van der Waals surface area contributed by atoms with Gasteiger partial charge in [-0.15, -0.1) is 0 Å². The molecule has 0 aliphatic rings. The van der Waals surface area contributed by atoms with Crippen molar-refractivity contribution in [3.63, 3.8) is 0 Å². The summed E-state index contributed by atoms with van der Waals surface area (Å²) in [6, 6.07) is 0. The summed E-state index contributed by atoms with van der Waals surface area (Å²) in [4.78, 5) is 35.6. The molecule has 0 radical (unpaired) electrons. The quantitative estimate of drug-likeness (QED) is 0.0211. The van der Waals surface area contributed by atoms with Gasteiger partial charge in [-0.25, -0.2) is 4.57 Å². The molecule has 0 bridgehead atoms. The minimum Gasteiger partial charge on any atom is -0.462 e. The average molecular weight is 989 g/mol. The molecule has 0 aliphatic carbocycles. The Kier molecular flexibility index (Phi) is 48.5. The molecule has 400 valence electrons. The molecule has 1 N–H and O–H groups in total. The highest BCUT2D eigenvalue weighted by Crippen LogP contribution is 2.43. The van der Waals surface area contributed by atoms with Crippen LogP contribution >= 0.6 is 7.82 Å². The van der Waals surface area contributed by atoms with Crippen LogP contribution in [0.4, 0.5) is 0 Å². The zero-order chi connectivity index (χ0) is 50.6. The number of phosphoric ester groups is 1. The Morgan fingerprint density at radius 2 is 0.826 bits per heavy atom. The first-order valence-corrected chi connectivity index (χ1v) is 29.7. The summed E-state index contributed by atoms with van der Waals surface area (Å²) < 4.78 is 34.5. The summed E-state index contributed by atoms with van der Waals surface area (Å²) in [6.07, 6.45) is 65.4. The van der Waals surface area contributed by atoms with E-state index in [2.05, 4.69) is 86.8 Å². The molecule has 0 rings (SSSR count). The molecule has 2 atom stereocenters. The summed E-state index contributed by atoms with van der Waals surface area (Å²) in [6.45, 7) is 4.32.